The van der Waals surface area contributed by atoms with Crippen molar-refractivity contribution in [3.05, 3.63) is 41.7 Å². The number of hydrogen-bond donors (Lipinski definition) is 1. The minimum absolute atomic E-state index is 0.0349. The number of benzene rings is 1. The maximum Gasteiger partial charge on any atom is 0.250 e. The van der Waals surface area contributed by atoms with E-state index in [1.165, 1.54) is 0 Å². The first kappa shape index (κ1) is 14.7. The lowest BCUT2D eigenvalue weighted by atomic mass is 10.2. The van der Waals surface area contributed by atoms with E-state index in [0.717, 1.165) is 5.56 Å². The van der Waals surface area contributed by atoms with Crippen LogP contribution in [-0.4, -0.2) is 40.6 Å². The Labute approximate surface area is 118 Å². The minimum atomic E-state index is -3.52. The molecular formula is C13H17N3O3S. The van der Waals surface area contributed by atoms with Crippen LogP contribution in [0.5, 0.6) is 0 Å². The van der Waals surface area contributed by atoms with Crippen molar-refractivity contribution in [3.8, 4) is 0 Å². The number of aryl methyl sites for hydroxylation is 1. The fourth-order valence-corrected chi connectivity index (χ4v) is 3.27. The highest BCUT2D eigenvalue weighted by Crippen LogP contribution is 2.14. The molecule has 2 aromatic rings. The molecule has 20 heavy (non-hydrogen) atoms. The van der Waals surface area contributed by atoms with Gasteiger partial charge in [-0.15, -0.1) is 10.2 Å². The van der Waals surface area contributed by atoms with E-state index in [2.05, 4.69) is 10.2 Å². The molecule has 0 aliphatic carbocycles. The first-order chi connectivity index (χ1) is 9.54. The third kappa shape index (κ3) is 3.23. The number of aliphatic hydroxyl groups is 1. The summed E-state index contributed by atoms with van der Waals surface area (Å²) in [6.45, 7) is 1.97. The number of rotatable bonds is 6. The van der Waals surface area contributed by atoms with Gasteiger partial charge in [-0.2, -0.15) is 0 Å². The van der Waals surface area contributed by atoms with Crippen LogP contribution in [-0.2, 0) is 16.4 Å². The third-order valence-corrected chi connectivity index (χ3v) is 4.62. The van der Waals surface area contributed by atoms with Gasteiger partial charge in [0.1, 0.15) is 5.82 Å². The van der Waals surface area contributed by atoms with Crippen LogP contribution in [0.3, 0.4) is 0 Å². The monoisotopic (exact) mass is 295 g/mol. The second kappa shape index (κ2) is 6.15. The zero-order valence-electron chi connectivity index (χ0n) is 11.2. The smallest absolute Gasteiger partial charge is 0.250 e. The molecule has 0 radical (unpaired) electrons. The maximum absolute atomic E-state index is 12.2. The van der Waals surface area contributed by atoms with Crippen LogP contribution in [0.1, 0.15) is 17.8 Å². The summed E-state index contributed by atoms with van der Waals surface area (Å²) in [5, 5.41) is 16.4. The Balaban J connectivity index is 2.33. The van der Waals surface area contributed by atoms with Crippen LogP contribution in [0, 0.1) is 6.92 Å². The molecular weight excluding hydrogens is 278 g/mol. The Morgan fingerprint density at radius 2 is 1.90 bits per heavy atom. The molecule has 0 aliphatic rings. The minimum Gasteiger partial charge on any atom is -0.396 e. The molecule has 1 heterocycles. The molecule has 0 saturated heterocycles. The second-order valence-electron chi connectivity index (χ2n) is 4.50. The van der Waals surface area contributed by atoms with Gasteiger partial charge in [0.25, 0.3) is 0 Å². The molecule has 108 valence electrons. The van der Waals surface area contributed by atoms with Gasteiger partial charge in [0.15, 0.2) is 0 Å². The van der Waals surface area contributed by atoms with Gasteiger partial charge in [0, 0.05) is 6.61 Å². The lowest BCUT2D eigenvalue weighted by Gasteiger charge is -2.09. The number of sulfone groups is 1. The fraction of sp³-hybridized carbons (Fsp3) is 0.385. The zero-order valence-corrected chi connectivity index (χ0v) is 12.0. The van der Waals surface area contributed by atoms with Crippen LogP contribution < -0.4 is 0 Å². The topological polar surface area (TPSA) is 85.1 Å². The van der Waals surface area contributed by atoms with Crippen molar-refractivity contribution in [1.29, 1.82) is 0 Å². The molecule has 0 aliphatic heterocycles. The molecule has 6 nitrogen and oxygen atoms in total. The molecule has 1 aromatic carbocycles. The van der Waals surface area contributed by atoms with E-state index in [1.54, 1.807) is 11.5 Å². The normalized spacial score (nSPS) is 11.7. The van der Waals surface area contributed by atoms with Crippen molar-refractivity contribution >= 4 is 9.84 Å². The Kier molecular flexibility index (Phi) is 4.51. The maximum atomic E-state index is 12.2. The van der Waals surface area contributed by atoms with E-state index in [0.29, 0.717) is 12.4 Å². The lowest BCUT2D eigenvalue weighted by Crippen LogP contribution is -2.16. The Morgan fingerprint density at radius 1 is 1.20 bits per heavy atom. The van der Waals surface area contributed by atoms with Crippen molar-refractivity contribution in [2.45, 2.75) is 25.0 Å². The number of aromatic nitrogens is 3. The van der Waals surface area contributed by atoms with Gasteiger partial charge in [-0.25, -0.2) is 8.42 Å². The second-order valence-corrected chi connectivity index (χ2v) is 6.50. The SMILES string of the molecule is Cc1nnc(S(=O)(=O)CCCO)n1Cc1ccccc1. The molecule has 2 rings (SSSR count). The van der Waals surface area contributed by atoms with Crippen molar-refractivity contribution in [3.63, 3.8) is 0 Å². The van der Waals surface area contributed by atoms with E-state index in [4.69, 9.17) is 5.11 Å². The van der Waals surface area contributed by atoms with E-state index in [-0.39, 0.29) is 23.9 Å². The molecule has 0 amide bonds. The Bertz CT molecular complexity index is 665. The van der Waals surface area contributed by atoms with Crippen molar-refractivity contribution in [1.82, 2.24) is 14.8 Å². The first-order valence-corrected chi connectivity index (χ1v) is 7.97. The summed E-state index contributed by atoms with van der Waals surface area (Å²) >= 11 is 0. The largest absolute Gasteiger partial charge is 0.396 e. The predicted octanol–water partition coefficient (Wildman–Crippen LogP) is 0.791. The average molecular weight is 295 g/mol. The third-order valence-electron chi connectivity index (χ3n) is 2.93. The molecule has 0 unspecified atom stereocenters. The summed E-state index contributed by atoms with van der Waals surface area (Å²) in [5.41, 5.74) is 0.981. The van der Waals surface area contributed by atoms with Gasteiger partial charge in [0.05, 0.1) is 12.3 Å². The molecule has 7 heteroatoms. The average Bonchev–Trinajstić information content (AvgIpc) is 2.80. The predicted molar refractivity (Wildman–Crippen MR) is 74.1 cm³/mol. The van der Waals surface area contributed by atoms with Crippen LogP contribution in [0.15, 0.2) is 35.5 Å². The van der Waals surface area contributed by atoms with Crippen molar-refractivity contribution in [2.24, 2.45) is 0 Å². The van der Waals surface area contributed by atoms with Crippen LogP contribution in [0.2, 0.25) is 0 Å². The van der Waals surface area contributed by atoms with Gasteiger partial charge >= 0.3 is 0 Å². The molecule has 1 aromatic heterocycles. The van der Waals surface area contributed by atoms with Crippen LogP contribution in [0.4, 0.5) is 0 Å². The summed E-state index contributed by atoms with van der Waals surface area (Å²) in [4.78, 5) is 0. The summed E-state index contributed by atoms with van der Waals surface area (Å²) in [7, 11) is -3.52. The molecule has 0 bridgehead atoms. The van der Waals surface area contributed by atoms with E-state index in [9.17, 15) is 8.42 Å². The molecule has 0 fully saturated rings. The highest BCUT2D eigenvalue weighted by Gasteiger charge is 2.23. The van der Waals surface area contributed by atoms with Gasteiger partial charge in [-0.3, -0.25) is 4.57 Å². The summed E-state index contributed by atoms with van der Waals surface area (Å²) in [6, 6.07) is 9.54. The molecule has 1 N–H and O–H groups in total. The van der Waals surface area contributed by atoms with Gasteiger partial charge in [-0.1, -0.05) is 30.3 Å². The van der Waals surface area contributed by atoms with E-state index < -0.39 is 9.84 Å². The van der Waals surface area contributed by atoms with Gasteiger partial charge < -0.3 is 5.11 Å². The van der Waals surface area contributed by atoms with Crippen LogP contribution >= 0.6 is 0 Å². The van der Waals surface area contributed by atoms with Crippen molar-refractivity contribution < 1.29 is 13.5 Å². The molecule has 0 spiro atoms. The van der Waals surface area contributed by atoms with E-state index >= 15 is 0 Å². The summed E-state index contributed by atoms with van der Waals surface area (Å²) in [5.74, 6) is 0.424. The van der Waals surface area contributed by atoms with Gasteiger partial charge in [-0.05, 0) is 18.9 Å². The summed E-state index contributed by atoms with van der Waals surface area (Å²) in [6.07, 6.45) is 0.194. The highest BCUT2D eigenvalue weighted by molar-refractivity contribution is 7.91. The van der Waals surface area contributed by atoms with Gasteiger partial charge in [0.2, 0.25) is 15.0 Å². The van der Waals surface area contributed by atoms with Crippen LogP contribution in [0.25, 0.3) is 0 Å². The van der Waals surface area contributed by atoms with E-state index in [1.807, 2.05) is 30.3 Å². The zero-order chi connectivity index (χ0) is 14.6. The highest BCUT2D eigenvalue weighted by atomic mass is 32.2. The quantitative estimate of drug-likeness (QED) is 0.851. The molecule has 0 saturated carbocycles. The standard InChI is InChI=1S/C13H17N3O3S/c1-11-14-15-13(20(18,19)9-5-8-17)16(11)10-12-6-3-2-4-7-12/h2-4,6-7,17H,5,8-10H2,1H3. The Hall–Kier alpha value is -1.73. The summed E-state index contributed by atoms with van der Waals surface area (Å²) < 4.78 is 25.9. The first-order valence-electron chi connectivity index (χ1n) is 6.32. The lowest BCUT2D eigenvalue weighted by molar-refractivity contribution is 0.295. The Morgan fingerprint density at radius 3 is 2.55 bits per heavy atom. The molecule has 0 atom stereocenters. The van der Waals surface area contributed by atoms with Crippen molar-refractivity contribution in [2.75, 3.05) is 12.4 Å². The number of hydrogen-bond acceptors (Lipinski definition) is 5. The number of nitrogens with zero attached hydrogens (tertiary/aromatic N) is 3. The number of aliphatic hydroxyl groups excluding tert-OH is 1. The fourth-order valence-electron chi connectivity index (χ4n) is 1.89.